The molecule has 222 valence electrons. The highest BCUT2D eigenvalue weighted by atomic mass is 19.4. The Morgan fingerprint density at radius 2 is 1.73 bits per heavy atom. The Morgan fingerprint density at radius 1 is 1.07 bits per heavy atom. The highest BCUT2D eigenvalue weighted by molar-refractivity contribution is 5.90. The van der Waals surface area contributed by atoms with Crippen LogP contribution in [0.25, 0.3) is 0 Å². The van der Waals surface area contributed by atoms with Crippen molar-refractivity contribution >= 4 is 17.6 Å². The zero-order valence-corrected chi connectivity index (χ0v) is 22.1. The van der Waals surface area contributed by atoms with Crippen molar-refractivity contribution in [2.24, 2.45) is 0 Å². The van der Waals surface area contributed by atoms with Crippen LogP contribution in [-0.2, 0) is 30.2 Å². The number of nitro groups is 1. The van der Waals surface area contributed by atoms with Gasteiger partial charge in [-0.05, 0) is 31.2 Å². The molecular weight excluding hydrogens is 557 g/mol. The molecule has 1 fully saturated rings. The van der Waals surface area contributed by atoms with Crippen molar-refractivity contribution in [2.75, 3.05) is 20.8 Å². The third kappa shape index (κ3) is 6.69. The second-order valence-corrected chi connectivity index (χ2v) is 9.21. The minimum atomic E-state index is -5.21. The first-order chi connectivity index (χ1) is 19.4. The van der Waals surface area contributed by atoms with Gasteiger partial charge in [0.25, 0.3) is 5.69 Å². The van der Waals surface area contributed by atoms with E-state index in [4.69, 9.17) is 28.4 Å². The molecule has 0 aromatic heterocycles. The van der Waals surface area contributed by atoms with E-state index >= 15 is 0 Å². The van der Waals surface area contributed by atoms with E-state index in [0.29, 0.717) is 23.5 Å². The lowest BCUT2D eigenvalue weighted by Gasteiger charge is -2.41. The molecule has 1 saturated heterocycles. The lowest BCUT2D eigenvalue weighted by molar-refractivity contribution is -0.384. The molecule has 2 aromatic carbocycles. The van der Waals surface area contributed by atoms with Crippen LogP contribution in [0.3, 0.4) is 0 Å². The zero-order valence-electron chi connectivity index (χ0n) is 22.1. The number of esters is 1. The maximum atomic E-state index is 13.2. The molecule has 2 aliphatic heterocycles. The molecule has 15 heteroatoms. The third-order valence-electron chi connectivity index (χ3n) is 6.65. The SMILES string of the molecule is COc1ccc(OC)c2c1CCO[C@H]2O[C@H]1C[C@H](NC(=O)C(F)(F)F)[C@H](OC(=O)c2ccc([N+](=O)[O-])cc2)[C@H](C)O1. The first-order valence-electron chi connectivity index (χ1n) is 12.4. The lowest BCUT2D eigenvalue weighted by Crippen LogP contribution is -2.58. The number of hydrogen-bond acceptors (Lipinski definition) is 10. The number of halogens is 3. The lowest BCUT2D eigenvalue weighted by atomic mass is 9.98. The summed E-state index contributed by atoms with van der Waals surface area (Å²) in [5, 5.41) is 12.8. The predicted molar refractivity (Wildman–Crippen MR) is 132 cm³/mol. The second-order valence-electron chi connectivity index (χ2n) is 9.21. The fraction of sp³-hybridized carbons (Fsp3) is 0.462. The zero-order chi connectivity index (χ0) is 29.9. The van der Waals surface area contributed by atoms with Gasteiger partial charge in [0.2, 0.25) is 0 Å². The first kappa shape index (κ1) is 30.0. The van der Waals surface area contributed by atoms with Crippen molar-refractivity contribution in [3.05, 3.63) is 63.2 Å². The fourth-order valence-electron chi connectivity index (χ4n) is 4.71. The number of ether oxygens (including phenoxy) is 6. The van der Waals surface area contributed by atoms with Gasteiger partial charge in [-0.15, -0.1) is 0 Å². The Balaban J connectivity index is 1.56. The van der Waals surface area contributed by atoms with Crippen LogP contribution in [0.5, 0.6) is 11.5 Å². The number of methoxy groups -OCH3 is 2. The van der Waals surface area contributed by atoms with Crippen LogP contribution in [0.2, 0.25) is 0 Å². The van der Waals surface area contributed by atoms with Crippen molar-refractivity contribution < 1.29 is 56.1 Å². The van der Waals surface area contributed by atoms with Crippen LogP contribution in [0.1, 0.15) is 41.1 Å². The van der Waals surface area contributed by atoms with E-state index in [1.54, 1.807) is 12.1 Å². The molecule has 2 aromatic rings. The Labute approximate surface area is 231 Å². The summed E-state index contributed by atoms with van der Waals surface area (Å²) in [4.78, 5) is 34.9. The summed E-state index contributed by atoms with van der Waals surface area (Å²) < 4.78 is 73.5. The molecule has 0 aliphatic carbocycles. The number of benzene rings is 2. The average molecular weight is 585 g/mol. The first-order valence-corrected chi connectivity index (χ1v) is 12.4. The van der Waals surface area contributed by atoms with E-state index in [-0.39, 0.29) is 24.3 Å². The number of carbonyl (C=O) groups excluding carboxylic acids is 2. The van der Waals surface area contributed by atoms with Crippen LogP contribution in [-0.4, -0.2) is 68.3 Å². The summed E-state index contributed by atoms with van der Waals surface area (Å²) in [6.45, 7) is 1.68. The van der Waals surface area contributed by atoms with Gasteiger partial charge < -0.3 is 33.7 Å². The number of nitro benzene ring substituents is 1. The Morgan fingerprint density at radius 3 is 2.34 bits per heavy atom. The van der Waals surface area contributed by atoms with Crippen molar-refractivity contribution in [1.29, 1.82) is 0 Å². The molecule has 4 rings (SSSR count). The predicted octanol–water partition coefficient (Wildman–Crippen LogP) is 3.61. The normalized spacial score (nSPS) is 24.1. The standard InChI is InChI=1S/C26H27F3N2O10/c1-13-22(41-23(32)14-4-6-15(7-5-14)31(34)35)17(30-25(33)26(27,28)29)12-20(39-13)40-24-21-16(10-11-38-24)18(36-2)8-9-19(21)37-3/h4-9,13,17,20,22,24H,10-12H2,1-3H3,(H,30,33)/t13-,17-,20-,22+,24-/m0/s1. The summed E-state index contributed by atoms with van der Waals surface area (Å²) in [6, 6.07) is 6.45. The minimum Gasteiger partial charge on any atom is -0.496 e. The molecule has 2 heterocycles. The number of rotatable bonds is 8. The van der Waals surface area contributed by atoms with Gasteiger partial charge >= 0.3 is 18.1 Å². The van der Waals surface area contributed by atoms with Crippen LogP contribution in [0.4, 0.5) is 18.9 Å². The van der Waals surface area contributed by atoms with Crippen molar-refractivity contribution in [3.8, 4) is 11.5 Å². The highest BCUT2D eigenvalue weighted by Crippen LogP contribution is 2.42. The number of hydrogen-bond donors (Lipinski definition) is 1. The smallest absolute Gasteiger partial charge is 0.471 e. The Kier molecular flexibility index (Phi) is 8.99. The van der Waals surface area contributed by atoms with Crippen LogP contribution in [0, 0.1) is 10.1 Å². The monoisotopic (exact) mass is 584 g/mol. The summed E-state index contributed by atoms with van der Waals surface area (Å²) in [7, 11) is 2.96. The molecule has 0 bridgehead atoms. The van der Waals surface area contributed by atoms with Gasteiger partial charge in [-0.25, -0.2) is 4.79 Å². The van der Waals surface area contributed by atoms with E-state index in [2.05, 4.69) is 0 Å². The molecule has 2 aliphatic rings. The van der Waals surface area contributed by atoms with Gasteiger partial charge in [0.15, 0.2) is 12.6 Å². The van der Waals surface area contributed by atoms with Gasteiger partial charge in [-0.2, -0.15) is 13.2 Å². The number of nitrogens with one attached hydrogen (secondary N) is 1. The van der Waals surface area contributed by atoms with Gasteiger partial charge in [-0.1, -0.05) is 0 Å². The van der Waals surface area contributed by atoms with Crippen LogP contribution >= 0.6 is 0 Å². The van der Waals surface area contributed by atoms with Crippen molar-refractivity contribution in [2.45, 2.75) is 56.8 Å². The topological polar surface area (TPSA) is 145 Å². The highest BCUT2D eigenvalue weighted by Gasteiger charge is 2.46. The molecule has 0 saturated carbocycles. The maximum Gasteiger partial charge on any atom is 0.471 e. The molecular formula is C26H27F3N2O10. The van der Waals surface area contributed by atoms with Gasteiger partial charge in [-0.3, -0.25) is 14.9 Å². The van der Waals surface area contributed by atoms with Gasteiger partial charge in [0.1, 0.15) is 17.6 Å². The molecule has 1 amide bonds. The summed E-state index contributed by atoms with van der Waals surface area (Å²) in [6.07, 6.45) is -9.71. The molecule has 12 nitrogen and oxygen atoms in total. The molecule has 41 heavy (non-hydrogen) atoms. The van der Waals surface area contributed by atoms with E-state index in [0.717, 1.165) is 29.8 Å². The number of carbonyl (C=O) groups is 2. The van der Waals surface area contributed by atoms with Crippen molar-refractivity contribution in [1.82, 2.24) is 5.32 Å². The van der Waals surface area contributed by atoms with Gasteiger partial charge in [0.05, 0.1) is 49.0 Å². The fourth-order valence-corrected chi connectivity index (χ4v) is 4.71. The van der Waals surface area contributed by atoms with Gasteiger partial charge in [0, 0.05) is 30.5 Å². The van der Waals surface area contributed by atoms with Crippen molar-refractivity contribution in [3.63, 3.8) is 0 Å². The number of alkyl halides is 3. The molecule has 0 spiro atoms. The third-order valence-corrected chi connectivity index (χ3v) is 6.65. The summed E-state index contributed by atoms with van der Waals surface area (Å²) in [5.74, 6) is -2.21. The number of non-ortho nitro benzene ring substituents is 1. The maximum absolute atomic E-state index is 13.2. The van der Waals surface area contributed by atoms with Crippen LogP contribution < -0.4 is 14.8 Å². The Hall–Kier alpha value is -3.95. The number of fused-ring (bicyclic) bond motifs is 1. The van der Waals surface area contributed by atoms with E-state index in [1.807, 2.05) is 5.32 Å². The molecule has 5 atom stereocenters. The molecule has 1 N–H and O–H groups in total. The summed E-state index contributed by atoms with van der Waals surface area (Å²) in [5.41, 5.74) is 0.933. The molecule has 0 radical (unpaired) electrons. The number of nitrogens with zero attached hydrogens (tertiary/aromatic N) is 1. The van der Waals surface area contributed by atoms with E-state index in [1.165, 1.54) is 21.1 Å². The average Bonchev–Trinajstić information content (AvgIpc) is 2.93. The summed E-state index contributed by atoms with van der Waals surface area (Å²) >= 11 is 0. The van der Waals surface area contributed by atoms with Crippen LogP contribution in [0.15, 0.2) is 36.4 Å². The molecule has 0 unspecified atom stereocenters. The number of amides is 1. The Bertz CT molecular complexity index is 1290. The second kappa shape index (κ2) is 12.3. The van der Waals surface area contributed by atoms with E-state index < -0.39 is 53.8 Å². The quantitative estimate of drug-likeness (QED) is 0.278. The van der Waals surface area contributed by atoms with E-state index in [9.17, 15) is 32.9 Å². The largest absolute Gasteiger partial charge is 0.496 e. The minimum absolute atomic E-state index is 0.0877.